The molecule has 0 fully saturated rings. The topological polar surface area (TPSA) is 41.6 Å². The first-order valence-corrected chi connectivity index (χ1v) is 9.02. The number of fused-ring (bicyclic) bond motifs is 1. The van der Waals surface area contributed by atoms with Gasteiger partial charge >= 0.3 is 0 Å². The molecule has 3 atom stereocenters. The highest BCUT2D eigenvalue weighted by atomic mass is 15.1. The van der Waals surface area contributed by atoms with Crippen LogP contribution in [0, 0.1) is 23.2 Å². The lowest BCUT2D eigenvalue weighted by molar-refractivity contribution is 0.478. The maximum atomic E-state index is 9.10. The Hall–Kier alpha value is -2.34. The number of hydrogen-bond donors (Lipinski definition) is 0. The Morgan fingerprint density at radius 3 is 3.04 bits per heavy atom. The molecule has 0 radical (unpaired) electrons. The molecule has 1 aromatic rings. The van der Waals surface area contributed by atoms with Crippen LogP contribution in [0.4, 0.5) is 0 Å². The number of imidazole rings is 1. The van der Waals surface area contributed by atoms with Crippen molar-refractivity contribution in [2.24, 2.45) is 11.8 Å². The van der Waals surface area contributed by atoms with Gasteiger partial charge in [-0.05, 0) is 43.3 Å². The summed E-state index contributed by atoms with van der Waals surface area (Å²) in [5.41, 5.74) is 4.25. The number of allylic oxidation sites excluding steroid dienone is 8. The molecule has 0 bridgehead atoms. The summed E-state index contributed by atoms with van der Waals surface area (Å²) in [5.74, 6) is 0.475. The predicted octanol–water partition coefficient (Wildman–Crippen LogP) is 4.68. The highest BCUT2D eigenvalue weighted by molar-refractivity contribution is 5.39. The minimum Gasteiger partial charge on any atom is -0.327 e. The third-order valence-electron chi connectivity index (χ3n) is 5.52. The van der Waals surface area contributed by atoms with Crippen molar-refractivity contribution in [2.75, 3.05) is 0 Å². The van der Waals surface area contributed by atoms with Crippen LogP contribution in [0.25, 0.3) is 0 Å². The van der Waals surface area contributed by atoms with Gasteiger partial charge in [-0.25, -0.2) is 4.98 Å². The zero-order valence-corrected chi connectivity index (χ0v) is 13.9. The van der Waals surface area contributed by atoms with Crippen LogP contribution >= 0.6 is 0 Å². The molecular weight excluding hydrogens is 294 g/mol. The summed E-state index contributed by atoms with van der Waals surface area (Å²) in [6, 6.07) is 2.77. The first-order valence-electron chi connectivity index (χ1n) is 9.02. The van der Waals surface area contributed by atoms with E-state index in [1.807, 2.05) is 12.5 Å². The quantitative estimate of drug-likeness (QED) is 0.794. The van der Waals surface area contributed by atoms with E-state index >= 15 is 0 Å². The van der Waals surface area contributed by atoms with E-state index in [2.05, 4.69) is 52.1 Å². The largest absolute Gasteiger partial charge is 0.327 e. The van der Waals surface area contributed by atoms with Gasteiger partial charge in [0, 0.05) is 17.8 Å². The van der Waals surface area contributed by atoms with Crippen molar-refractivity contribution in [2.45, 2.75) is 44.6 Å². The minimum absolute atomic E-state index is 0.0402. The van der Waals surface area contributed by atoms with Crippen LogP contribution < -0.4 is 0 Å². The minimum atomic E-state index is 0.0402. The number of nitrogens with zero attached hydrogens (tertiary/aromatic N) is 3. The van der Waals surface area contributed by atoms with Crippen molar-refractivity contribution in [3.8, 4) is 6.07 Å². The lowest BCUT2D eigenvalue weighted by Crippen LogP contribution is -2.20. The average molecular weight is 317 g/mol. The van der Waals surface area contributed by atoms with Gasteiger partial charge in [0.15, 0.2) is 0 Å². The number of rotatable bonds is 2. The average Bonchev–Trinajstić information content (AvgIpc) is 3.01. The van der Waals surface area contributed by atoms with Gasteiger partial charge in [-0.15, -0.1) is 0 Å². The molecule has 2 heterocycles. The Morgan fingerprint density at radius 2 is 2.21 bits per heavy atom. The van der Waals surface area contributed by atoms with Gasteiger partial charge in [0.2, 0.25) is 0 Å². The number of aryl methyl sites for hydroxylation is 1. The molecule has 0 aromatic carbocycles. The molecule has 4 rings (SSSR count). The second kappa shape index (κ2) is 6.65. The Morgan fingerprint density at radius 1 is 1.25 bits per heavy atom. The van der Waals surface area contributed by atoms with Gasteiger partial charge in [-0.1, -0.05) is 42.9 Å². The molecule has 0 spiro atoms. The van der Waals surface area contributed by atoms with E-state index in [-0.39, 0.29) is 5.92 Å². The summed E-state index contributed by atoms with van der Waals surface area (Å²) in [6.07, 6.45) is 24.1. The zero-order valence-electron chi connectivity index (χ0n) is 13.9. The van der Waals surface area contributed by atoms with Crippen LogP contribution in [0.5, 0.6) is 0 Å². The van der Waals surface area contributed by atoms with E-state index in [1.54, 1.807) is 0 Å². The van der Waals surface area contributed by atoms with E-state index < -0.39 is 0 Å². The van der Waals surface area contributed by atoms with Gasteiger partial charge in [0.05, 0.1) is 24.4 Å². The Kier molecular flexibility index (Phi) is 4.21. The van der Waals surface area contributed by atoms with Gasteiger partial charge in [-0.3, -0.25) is 0 Å². The van der Waals surface area contributed by atoms with Crippen molar-refractivity contribution in [3.63, 3.8) is 0 Å². The standard InChI is InChI=1S/C21H23N3/c22-13-16-9-11-17(12-10-16)19-6-2-3-7-20(19)21-8-4-1-5-18-14-23-15-24(18)21/h2-3,7,9,11-12,14-16,19,21H,1,4-6,8,10H2. The molecule has 1 aliphatic heterocycles. The molecule has 3 heteroatoms. The summed E-state index contributed by atoms with van der Waals surface area (Å²) in [7, 11) is 0. The number of hydrogen-bond acceptors (Lipinski definition) is 2. The van der Waals surface area contributed by atoms with E-state index in [0.717, 1.165) is 19.3 Å². The fourth-order valence-electron chi connectivity index (χ4n) is 4.23. The lowest BCUT2D eigenvalue weighted by atomic mass is 9.78. The normalized spacial score (nSPS) is 29.2. The van der Waals surface area contributed by atoms with Crippen LogP contribution in [-0.4, -0.2) is 9.55 Å². The van der Waals surface area contributed by atoms with E-state index in [0.29, 0.717) is 12.0 Å². The second-order valence-electron chi connectivity index (χ2n) is 6.97. The molecule has 24 heavy (non-hydrogen) atoms. The lowest BCUT2D eigenvalue weighted by Gasteiger charge is -2.31. The van der Waals surface area contributed by atoms with Gasteiger partial charge in [0.25, 0.3) is 0 Å². The monoisotopic (exact) mass is 317 g/mol. The first-order chi connectivity index (χ1) is 11.9. The molecule has 0 saturated carbocycles. The van der Waals surface area contributed by atoms with Crippen molar-refractivity contribution in [1.82, 2.24) is 9.55 Å². The van der Waals surface area contributed by atoms with Crippen molar-refractivity contribution >= 4 is 0 Å². The molecule has 3 aliphatic rings. The molecule has 2 aliphatic carbocycles. The van der Waals surface area contributed by atoms with E-state index in [1.165, 1.54) is 36.1 Å². The Labute approximate surface area is 143 Å². The third kappa shape index (κ3) is 2.78. The summed E-state index contributed by atoms with van der Waals surface area (Å²) in [6.45, 7) is 0. The van der Waals surface area contributed by atoms with Crippen molar-refractivity contribution in [1.29, 1.82) is 5.26 Å². The van der Waals surface area contributed by atoms with Crippen molar-refractivity contribution in [3.05, 3.63) is 65.8 Å². The highest BCUT2D eigenvalue weighted by Gasteiger charge is 2.29. The summed E-state index contributed by atoms with van der Waals surface area (Å²) < 4.78 is 2.40. The summed E-state index contributed by atoms with van der Waals surface area (Å²) >= 11 is 0. The van der Waals surface area contributed by atoms with Crippen LogP contribution in [0.3, 0.4) is 0 Å². The third-order valence-corrected chi connectivity index (χ3v) is 5.52. The van der Waals surface area contributed by atoms with E-state index in [9.17, 15) is 0 Å². The maximum absolute atomic E-state index is 9.10. The highest BCUT2D eigenvalue weighted by Crippen LogP contribution is 2.41. The molecule has 3 nitrogen and oxygen atoms in total. The molecular formula is C21H23N3. The Balaban J connectivity index is 1.65. The van der Waals surface area contributed by atoms with Gasteiger partial charge in [-0.2, -0.15) is 5.26 Å². The van der Waals surface area contributed by atoms with Crippen LogP contribution in [0.15, 0.2) is 60.1 Å². The summed E-state index contributed by atoms with van der Waals surface area (Å²) in [5, 5.41) is 9.10. The van der Waals surface area contributed by atoms with Crippen molar-refractivity contribution < 1.29 is 0 Å². The van der Waals surface area contributed by atoms with Gasteiger partial charge in [0.1, 0.15) is 0 Å². The molecule has 0 saturated heterocycles. The summed E-state index contributed by atoms with van der Waals surface area (Å²) in [4.78, 5) is 4.40. The maximum Gasteiger partial charge on any atom is 0.0953 e. The fourth-order valence-corrected chi connectivity index (χ4v) is 4.23. The Bertz CT molecular complexity index is 769. The number of nitriles is 1. The molecule has 122 valence electrons. The zero-order chi connectivity index (χ0) is 16.4. The SMILES string of the molecule is N#CC1C=CC(C2CC=CC=C2C2CCCCc3cncn32)=CC1. The number of aromatic nitrogens is 2. The molecule has 1 aromatic heterocycles. The van der Waals surface area contributed by atoms with Crippen LogP contribution in [0.1, 0.15) is 43.8 Å². The molecule has 0 amide bonds. The van der Waals surface area contributed by atoms with Crippen LogP contribution in [-0.2, 0) is 6.42 Å². The van der Waals surface area contributed by atoms with E-state index in [4.69, 9.17) is 5.26 Å². The smallest absolute Gasteiger partial charge is 0.0953 e. The predicted molar refractivity (Wildman–Crippen MR) is 95.1 cm³/mol. The van der Waals surface area contributed by atoms with Gasteiger partial charge < -0.3 is 4.57 Å². The first kappa shape index (κ1) is 15.2. The molecule has 3 unspecified atom stereocenters. The molecule has 0 N–H and O–H groups in total. The van der Waals surface area contributed by atoms with Crippen LogP contribution in [0.2, 0.25) is 0 Å². The second-order valence-corrected chi connectivity index (χ2v) is 6.97. The fraction of sp³-hybridized carbons (Fsp3) is 0.429.